The van der Waals surface area contributed by atoms with Gasteiger partial charge in [0.25, 0.3) is 0 Å². The zero-order chi connectivity index (χ0) is 26.2. The Balaban J connectivity index is 1.44. The molecule has 186 valence electrons. The van der Waals surface area contributed by atoms with E-state index in [0.29, 0.717) is 17.0 Å². The number of ether oxygens (including phenoxy) is 2. The number of amides is 2. The molecule has 7 heteroatoms. The van der Waals surface area contributed by atoms with Gasteiger partial charge in [-0.05, 0) is 40.6 Å². The number of nitrogens with zero attached hydrogens (tertiary/aromatic N) is 1. The van der Waals surface area contributed by atoms with Crippen LogP contribution in [-0.4, -0.2) is 36.1 Å². The number of rotatable bonds is 3. The molecule has 2 amide bonds. The van der Waals surface area contributed by atoms with Crippen LogP contribution in [0.25, 0.3) is 10.8 Å². The van der Waals surface area contributed by atoms with Crippen LogP contribution in [0.4, 0.5) is 5.69 Å². The second-order valence-electron chi connectivity index (χ2n) is 9.76. The van der Waals surface area contributed by atoms with Gasteiger partial charge in [-0.15, -0.1) is 0 Å². The Kier molecular flexibility index (Phi) is 4.71. The summed E-state index contributed by atoms with van der Waals surface area (Å²) < 4.78 is 11.7. The summed E-state index contributed by atoms with van der Waals surface area (Å²) >= 11 is 0. The summed E-state index contributed by atoms with van der Waals surface area (Å²) in [4.78, 5) is 57.1. The number of Topliss-reactive ketones (excluding diaryl/α,β-unsaturated/α-hetero) is 2. The highest BCUT2D eigenvalue weighted by atomic mass is 16.5. The Morgan fingerprint density at radius 3 is 2.05 bits per heavy atom. The third kappa shape index (κ3) is 2.76. The Hall–Kier alpha value is -4.62. The minimum atomic E-state index is -2.11. The monoisotopic (exact) mass is 503 g/mol. The van der Waals surface area contributed by atoms with Crippen LogP contribution in [0, 0.1) is 11.8 Å². The fourth-order valence-corrected chi connectivity index (χ4v) is 6.28. The Morgan fingerprint density at radius 1 is 0.737 bits per heavy atom. The third-order valence-corrected chi connectivity index (χ3v) is 7.98. The minimum Gasteiger partial charge on any atom is -0.497 e. The van der Waals surface area contributed by atoms with Gasteiger partial charge in [0.15, 0.2) is 0 Å². The van der Waals surface area contributed by atoms with Crippen molar-refractivity contribution < 1.29 is 28.7 Å². The van der Waals surface area contributed by atoms with Crippen LogP contribution in [0.1, 0.15) is 32.4 Å². The lowest BCUT2D eigenvalue weighted by molar-refractivity contribution is -0.127. The zero-order valence-electron chi connectivity index (χ0n) is 20.3. The highest BCUT2D eigenvalue weighted by Gasteiger charge is 2.74. The van der Waals surface area contributed by atoms with Crippen LogP contribution >= 0.6 is 0 Å². The fourth-order valence-electron chi connectivity index (χ4n) is 6.28. The van der Waals surface area contributed by atoms with E-state index < -0.39 is 46.9 Å². The number of ketones is 2. The second kappa shape index (κ2) is 7.94. The van der Waals surface area contributed by atoms with E-state index in [1.165, 1.54) is 7.11 Å². The molecule has 3 aliphatic rings. The van der Waals surface area contributed by atoms with Gasteiger partial charge in [-0.1, -0.05) is 66.7 Å². The SMILES string of the molecule is COc1ccc(N2C(=O)[C@@H]3[C@@H](c4cccc5ccccc45)OC4(C(=O)c5ccccc5C4=O)[C@@H]3C2=O)cc1. The van der Waals surface area contributed by atoms with Crippen molar-refractivity contribution in [1.82, 2.24) is 0 Å². The second-order valence-corrected chi connectivity index (χ2v) is 9.76. The lowest BCUT2D eigenvalue weighted by Crippen LogP contribution is -2.51. The third-order valence-electron chi connectivity index (χ3n) is 7.98. The smallest absolute Gasteiger partial charge is 0.241 e. The van der Waals surface area contributed by atoms with E-state index in [2.05, 4.69) is 0 Å². The number of anilines is 1. The number of carbonyl (C=O) groups is 4. The molecule has 0 bridgehead atoms. The molecule has 0 N–H and O–H groups in total. The molecule has 1 spiro atoms. The van der Waals surface area contributed by atoms with Crippen molar-refractivity contribution >= 4 is 39.8 Å². The number of methoxy groups -OCH3 is 1. The lowest BCUT2D eigenvalue weighted by Gasteiger charge is -2.27. The molecule has 4 aromatic carbocycles. The van der Waals surface area contributed by atoms with Crippen molar-refractivity contribution in [2.75, 3.05) is 12.0 Å². The number of carbonyl (C=O) groups excluding carboxylic acids is 4. The van der Waals surface area contributed by atoms with E-state index in [4.69, 9.17) is 9.47 Å². The first-order chi connectivity index (χ1) is 18.5. The van der Waals surface area contributed by atoms with E-state index in [0.717, 1.165) is 15.7 Å². The van der Waals surface area contributed by atoms with Crippen molar-refractivity contribution in [3.8, 4) is 5.75 Å². The van der Waals surface area contributed by atoms with Crippen LogP contribution in [0.3, 0.4) is 0 Å². The largest absolute Gasteiger partial charge is 0.497 e. The average molecular weight is 504 g/mol. The molecule has 0 radical (unpaired) electrons. The standard InChI is InChI=1S/C31H21NO6/c1-37-19-15-13-18(14-16-19)32-29(35)24-25(30(32)36)31(27(33)22-10-4-5-11-23(22)28(31)34)38-26(24)21-12-6-8-17-7-2-3-9-20(17)21/h2-16,24-26H,1H3/t24-,25-,26+/m0/s1. The van der Waals surface area contributed by atoms with Crippen molar-refractivity contribution in [2.45, 2.75) is 11.7 Å². The molecule has 7 rings (SSSR count). The first-order valence-corrected chi connectivity index (χ1v) is 12.3. The summed E-state index contributed by atoms with van der Waals surface area (Å²) in [5.41, 5.74) is -0.693. The summed E-state index contributed by atoms with van der Waals surface area (Å²) in [6.07, 6.45) is -0.979. The van der Waals surface area contributed by atoms with Gasteiger partial charge in [-0.2, -0.15) is 0 Å². The van der Waals surface area contributed by atoms with Gasteiger partial charge in [-0.3, -0.25) is 19.2 Å². The highest BCUT2D eigenvalue weighted by Crippen LogP contribution is 2.58. The number of hydrogen-bond acceptors (Lipinski definition) is 6. The molecule has 0 aromatic heterocycles. The number of fused-ring (bicyclic) bond motifs is 4. The number of hydrogen-bond donors (Lipinski definition) is 0. The Bertz CT molecular complexity index is 1650. The van der Waals surface area contributed by atoms with E-state index >= 15 is 0 Å². The molecule has 0 saturated carbocycles. The molecule has 2 heterocycles. The first kappa shape index (κ1) is 22.6. The Labute approximate surface area is 217 Å². The fraction of sp³-hybridized carbons (Fsp3) is 0.161. The molecule has 2 fully saturated rings. The molecule has 7 nitrogen and oxygen atoms in total. The molecule has 1 aliphatic carbocycles. The molecule has 4 aromatic rings. The topological polar surface area (TPSA) is 90.0 Å². The van der Waals surface area contributed by atoms with Crippen molar-refractivity contribution in [3.63, 3.8) is 0 Å². The normalized spacial score (nSPS) is 23.4. The van der Waals surface area contributed by atoms with Crippen LogP contribution in [0.15, 0.2) is 91.0 Å². The van der Waals surface area contributed by atoms with Crippen LogP contribution in [-0.2, 0) is 14.3 Å². The van der Waals surface area contributed by atoms with Gasteiger partial charge in [-0.25, -0.2) is 4.90 Å². The summed E-state index contributed by atoms with van der Waals surface area (Å²) in [5, 5.41) is 1.75. The van der Waals surface area contributed by atoms with E-state index in [-0.39, 0.29) is 11.1 Å². The van der Waals surface area contributed by atoms with Crippen molar-refractivity contribution in [1.29, 1.82) is 0 Å². The summed E-state index contributed by atoms with van der Waals surface area (Å²) in [6.45, 7) is 0. The molecule has 0 unspecified atom stereocenters. The first-order valence-electron chi connectivity index (χ1n) is 12.3. The predicted octanol–water partition coefficient (Wildman–Crippen LogP) is 4.54. The maximum Gasteiger partial charge on any atom is 0.241 e. The predicted molar refractivity (Wildman–Crippen MR) is 138 cm³/mol. The maximum atomic E-state index is 14.1. The molecular formula is C31H21NO6. The maximum absolute atomic E-state index is 14.1. The van der Waals surface area contributed by atoms with Crippen molar-refractivity contribution in [3.05, 3.63) is 108 Å². The van der Waals surface area contributed by atoms with E-state index in [9.17, 15) is 19.2 Å². The van der Waals surface area contributed by atoms with Crippen molar-refractivity contribution in [2.24, 2.45) is 11.8 Å². The van der Waals surface area contributed by atoms with E-state index in [1.54, 1.807) is 48.5 Å². The molecular weight excluding hydrogens is 482 g/mol. The van der Waals surface area contributed by atoms with Crippen LogP contribution < -0.4 is 9.64 Å². The Morgan fingerprint density at radius 2 is 1.37 bits per heavy atom. The van der Waals surface area contributed by atoms with Gasteiger partial charge >= 0.3 is 0 Å². The zero-order valence-corrected chi connectivity index (χ0v) is 20.3. The summed E-state index contributed by atoms with van der Waals surface area (Å²) in [6, 6.07) is 26.2. The van der Waals surface area contributed by atoms with E-state index in [1.807, 2.05) is 42.5 Å². The molecule has 2 aliphatic heterocycles. The van der Waals surface area contributed by atoms with Gasteiger partial charge in [0.05, 0.1) is 30.7 Å². The molecule has 38 heavy (non-hydrogen) atoms. The van der Waals surface area contributed by atoms with Gasteiger partial charge in [0.1, 0.15) is 5.75 Å². The summed E-state index contributed by atoms with van der Waals surface area (Å²) in [7, 11) is 1.52. The van der Waals surface area contributed by atoms with Gasteiger partial charge in [0, 0.05) is 11.1 Å². The van der Waals surface area contributed by atoms with Gasteiger partial charge < -0.3 is 9.47 Å². The quantitative estimate of drug-likeness (QED) is 0.301. The summed E-state index contributed by atoms with van der Waals surface area (Å²) in [5.74, 6) is -4.06. The average Bonchev–Trinajstić information content (AvgIpc) is 3.52. The van der Waals surface area contributed by atoms with Crippen LogP contribution in [0.5, 0.6) is 5.75 Å². The van der Waals surface area contributed by atoms with Gasteiger partial charge in [0.2, 0.25) is 29.0 Å². The number of benzene rings is 4. The number of imide groups is 1. The molecule has 3 atom stereocenters. The van der Waals surface area contributed by atoms with Crippen LogP contribution in [0.2, 0.25) is 0 Å². The minimum absolute atomic E-state index is 0.206. The lowest BCUT2D eigenvalue weighted by atomic mass is 9.77. The highest BCUT2D eigenvalue weighted by molar-refractivity contribution is 6.37. The molecule has 2 saturated heterocycles.